The summed E-state index contributed by atoms with van der Waals surface area (Å²) in [5.74, 6) is 0.426. The molecule has 0 saturated carbocycles. The van der Waals surface area contributed by atoms with Crippen molar-refractivity contribution < 1.29 is 8.42 Å². The van der Waals surface area contributed by atoms with Crippen molar-refractivity contribution in [2.45, 2.75) is 31.1 Å². The van der Waals surface area contributed by atoms with E-state index >= 15 is 0 Å². The van der Waals surface area contributed by atoms with E-state index in [4.69, 9.17) is 0 Å². The zero-order valence-corrected chi connectivity index (χ0v) is 13.1. The van der Waals surface area contributed by atoms with Crippen LogP contribution in [0.4, 0.5) is 0 Å². The van der Waals surface area contributed by atoms with E-state index in [2.05, 4.69) is 34.9 Å². The van der Waals surface area contributed by atoms with E-state index in [0.29, 0.717) is 10.4 Å². The number of aromatic nitrogens is 2. The highest BCUT2D eigenvalue weighted by Crippen LogP contribution is 2.22. The fourth-order valence-corrected chi connectivity index (χ4v) is 3.27. The van der Waals surface area contributed by atoms with Crippen LogP contribution >= 0.6 is 15.9 Å². The van der Waals surface area contributed by atoms with Crippen LogP contribution in [-0.4, -0.2) is 17.6 Å². The van der Waals surface area contributed by atoms with Gasteiger partial charge in [-0.15, -0.1) is 0 Å². The minimum Gasteiger partial charge on any atom is -0.199 e. The topological polar surface area (TPSA) is 52.0 Å². The lowest BCUT2D eigenvalue weighted by atomic mass is 9.99. The molecule has 1 unspecified atom stereocenters. The number of hydrogen-bond acceptors (Lipinski definition) is 3. The molecule has 1 atom stereocenters. The van der Waals surface area contributed by atoms with E-state index in [1.165, 1.54) is 12.4 Å². The summed E-state index contributed by atoms with van der Waals surface area (Å²) in [6.45, 7) is 4.23. The lowest BCUT2D eigenvalue weighted by Crippen LogP contribution is -2.13. The second-order valence-electron chi connectivity index (χ2n) is 4.41. The fraction of sp³-hybridized carbons (Fsp3) is 0.308. The Bertz CT molecular complexity index is 662. The quantitative estimate of drug-likeness (QED) is 0.855. The van der Waals surface area contributed by atoms with E-state index in [-0.39, 0.29) is 4.90 Å². The second-order valence-corrected chi connectivity index (χ2v) is 7.13. The maximum absolute atomic E-state index is 12.3. The lowest BCUT2D eigenvalue weighted by Gasteiger charge is -2.10. The van der Waals surface area contributed by atoms with E-state index in [1.807, 2.05) is 12.1 Å². The second kappa shape index (κ2) is 5.46. The largest absolute Gasteiger partial charge is 0.282 e. The number of hydrogen-bond donors (Lipinski definition) is 0. The van der Waals surface area contributed by atoms with Crippen molar-refractivity contribution in [3.63, 3.8) is 0 Å². The molecule has 0 aliphatic carbocycles. The van der Waals surface area contributed by atoms with Crippen LogP contribution in [0.15, 0.2) is 46.0 Å². The summed E-state index contributed by atoms with van der Waals surface area (Å²) >= 11 is 3.19. The van der Waals surface area contributed by atoms with Crippen LogP contribution < -0.4 is 0 Å². The van der Waals surface area contributed by atoms with Gasteiger partial charge in [-0.2, -0.15) is 17.6 Å². The molecule has 2 rings (SSSR count). The first-order valence-electron chi connectivity index (χ1n) is 6.01. The number of halogens is 1. The SMILES string of the molecule is CCC(C)c1ccc(S(=O)(=O)n2cc(Br)cn2)cc1. The molecule has 0 fully saturated rings. The smallest absolute Gasteiger partial charge is 0.199 e. The van der Waals surface area contributed by atoms with Gasteiger partial charge in [-0.1, -0.05) is 26.0 Å². The highest BCUT2D eigenvalue weighted by molar-refractivity contribution is 9.10. The van der Waals surface area contributed by atoms with Crippen molar-refractivity contribution in [1.82, 2.24) is 9.19 Å². The van der Waals surface area contributed by atoms with E-state index in [9.17, 15) is 8.42 Å². The predicted octanol–water partition coefficient (Wildman–Crippen LogP) is 3.40. The molecule has 1 heterocycles. The van der Waals surface area contributed by atoms with E-state index < -0.39 is 10.0 Å². The van der Waals surface area contributed by atoms with Gasteiger partial charge in [0, 0.05) is 0 Å². The third-order valence-corrected chi connectivity index (χ3v) is 5.10. The molecule has 0 bridgehead atoms. The van der Waals surface area contributed by atoms with Gasteiger partial charge in [0.25, 0.3) is 10.0 Å². The van der Waals surface area contributed by atoms with Gasteiger partial charge >= 0.3 is 0 Å². The van der Waals surface area contributed by atoms with Gasteiger partial charge in [0.15, 0.2) is 0 Å². The molecular weight excluding hydrogens is 328 g/mol. The van der Waals surface area contributed by atoms with Crippen LogP contribution in [0.3, 0.4) is 0 Å². The predicted molar refractivity (Wildman–Crippen MR) is 77.7 cm³/mol. The summed E-state index contributed by atoms with van der Waals surface area (Å²) < 4.78 is 26.2. The molecular formula is C13H15BrN2O2S. The van der Waals surface area contributed by atoms with Crippen LogP contribution in [0.25, 0.3) is 0 Å². The van der Waals surface area contributed by atoms with Gasteiger partial charge < -0.3 is 0 Å². The third kappa shape index (κ3) is 2.90. The molecule has 0 N–H and O–H groups in total. The molecule has 0 amide bonds. The van der Waals surface area contributed by atoms with Crippen LogP contribution in [0.1, 0.15) is 31.7 Å². The van der Waals surface area contributed by atoms with Gasteiger partial charge in [0.2, 0.25) is 0 Å². The summed E-state index contributed by atoms with van der Waals surface area (Å²) in [6.07, 6.45) is 3.90. The minimum atomic E-state index is -3.59. The highest BCUT2D eigenvalue weighted by atomic mass is 79.9. The lowest BCUT2D eigenvalue weighted by molar-refractivity contribution is 0.580. The van der Waals surface area contributed by atoms with Crippen molar-refractivity contribution in [1.29, 1.82) is 0 Å². The van der Waals surface area contributed by atoms with Crippen LogP contribution in [0.2, 0.25) is 0 Å². The van der Waals surface area contributed by atoms with Gasteiger partial charge in [0.1, 0.15) is 0 Å². The molecule has 0 saturated heterocycles. The molecule has 0 spiro atoms. The zero-order chi connectivity index (χ0) is 14.0. The molecule has 0 aliphatic rings. The summed E-state index contributed by atoms with van der Waals surface area (Å²) in [5, 5.41) is 3.82. The molecule has 0 aliphatic heterocycles. The average Bonchev–Trinajstić information content (AvgIpc) is 2.85. The highest BCUT2D eigenvalue weighted by Gasteiger charge is 2.18. The standard InChI is InChI=1S/C13H15BrN2O2S/c1-3-10(2)11-4-6-13(7-5-11)19(17,18)16-9-12(14)8-15-16/h4-10H,3H2,1-2H3. The average molecular weight is 343 g/mol. The van der Waals surface area contributed by atoms with Crippen LogP contribution in [-0.2, 0) is 10.0 Å². The Morgan fingerprint density at radius 3 is 2.42 bits per heavy atom. The maximum Gasteiger partial charge on any atom is 0.282 e. The molecule has 1 aromatic heterocycles. The Morgan fingerprint density at radius 2 is 1.95 bits per heavy atom. The van der Waals surface area contributed by atoms with Gasteiger partial charge in [-0.25, -0.2) is 0 Å². The monoisotopic (exact) mass is 342 g/mol. The number of nitrogens with zero attached hydrogens (tertiary/aromatic N) is 2. The summed E-state index contributed by atoms with van der Waals surface area (Å²) in [5.41, 5.74) is 1.14. The zero-order valence-electron chi connectivity index (χ0n) is 10.7. The first-order chi connectivity index (χ1) is 8.95. The van der Waals surface area contributed by atoms with Crippen molar-refractivity contribution in [2.75, 3.05) is 0 Å². The third-order valence-electron chi connectivity index (χ3n) is 3.13. The molecule has 0 radical (unpaired) electrons. The van der Waals surface area contributed by atoms with Crippen LogP contribution in [0.5, 0.6) is 0 Å². The summed E-state index contributed by atoms with van der Waals surface area (Å²) in [7, 11) is -3.59. The first kappa shape index (κ1) is 14.3. The molecule has 102 valence electrons. The van der Waals surface area contributed by atoms with Crippen molar-refractivity contribution in [3.8, 4) is 0 Å². The van der Waals surface area contributed by atoms with Crippen molar-refractivity contribution >= 4 is 26.0 Å². The van der Waals surface area contributed by atoms with Crippen molar-refractivity contribution in [2.24, 2.45) is 0 Å². The first-order valence-corrected chi connectivity index (χ1v) is 8.24. The molecule has 2 aromatic rings. The Hall–Kier alpha value is -1.14. The van der Waals surface area contributed by atoms with Crippen molar-refractivity contribution in [3.05, 3.63) is 46.7 Å². The van der Waals surface area contributed by atoms with Gasteiger partial charge in [-0.3, -0.25) is 0 Å². The normalized spacial score (nSPS) is 13.4. The number of rotatable bonds is 4. The van der Waals surface area contributed by atoms with Crippen LogP contribution in [0, 0.1) is 0 Å². The number of benzene rings is 1. The molecule has 1 aromatic carbocycles. The fourth-order valence-electron chi connectivity index (χ4n) is 1.73. The van der Waals surface area contributed by atoms with Gasteiger partial charge in [-0.05, 0) is 46.0 Å². The molecule has 4 nitrogen and oxygen atoms in total. The minimum absolute atomic E-state index is 0.246. The Labute approximate surface area is 121 Å². The van der Waals surface area contributed by atoms with E-state index in [0.717, 1.165) is 16.1 Å². The van der Waals surface area contributed by atoms with Gasteiger partial charge in [0.05, 0.1) is 21.8 Å². The summed E-state index contributed by atoms with van der Waals surface area (Å²) in [6, 6.07) is 6.98. The molecule has 6 heteroatoms. The Balaban J connectivity index is 2.37. The van der Waals surface area contributed by atoms with E-state index in [1.54, 1.807) is 12.1 Å². The summed E-state index contributed by atoms with van der Waals surface area (Å²) in [4.78, 5) is 0.246. The maximum atomic E-state index is 12.3. The Kier molecular flexibility index (Phi) is 4.10. The molecule has 19 heavy (non-hydrogen) atoms. The Morgan fingerprint density at radius 1 is 1.32 bits per heavy atom.